The lowest BCUT2D eigenvalue weighted by molar-refractivity contribution is 0.0696. The van der Waals surface area contributed by atoms with Crippen LogP contribution in [0.4, 0.5) is 0 Å². The zero-order valence-corrected chi connectivity index (χ0v) is 18.2. The number of carbonyl (C=O) groups is 1. The summed E-state index contributed by atoms with van der Waals surface area (Å²) in [5.41, 5.74) is 1.72. The minimum Gasteiger partial charge on any atom is -0.478 e. The van der Waals surface area contributed by atoms with E-state index < -0.39 is 5.97 Å². The second kappa shape index (κ2) is 8.47. The maximum Gasteiger partial charge on any atom is 0.335 e. The fourth-order valence-corrected chi connectivity index (χ4v) is 5.10. The summed E-state index contributed by atoms with van der Waals surface area (Å²) in [6, 6.07) is 7.51. The van der Waals surface area contributed by atoms with Gasteiger partial charge >= 0.3 is 5.97 Å². The van der Waals surface area contributed by atoms with Gasteiger partial charge in [-0.05, 0) is 61.4 Å². The smallest absolute Gasteiger partial charge is 0.335 e. The molecular weight excluding hydrogens is 380 g/mol. The summed E-state index contributed by atoms with van der Waals surface area (Å²) in [6.07, 6.45) is 3.36. The molecule has 162 valence electrons. The number of rotatable bonds is 6. The Morgan fingerprint density at radius 2 is 2.07 bits per heavy atom. The van der Waals surface area contributed by atoms with E-state index in [0.717, 1.165) is 63.4 Å². The average molecular weight is 413 g/mol. The lowest BCUT2D eigenvalue weighted by Crippen LogP contribution is -2.41. The molecule has 1 aromatic carbocycles. The normalized spacial score (nSPS) is 22.2. The summed E-state index contributed by atoms with van der Waals surface area (Å²) in [4.78, 5) is 16.2. The number of hydrogen-bond acceptors (Lipinski definition) is 6. The first-order valence-corrected chi connectivity index (χ1v) is 10.9. The summed E-state index contributed by atoms with van der Waals surface area (Å²) in [7, 11) is 0. The van der Waals surface area contributed by atoms with Gasteiger partial charge in [-0.1, -0.05) is 26.0 Å². The second-order valence-electron chi connectivity index (χ2n) is 9.48. The minimum absolute atomic E-state index is 0.215. The van der Waals surface area contributed by atoms with Crippen LogP contribution in [0.25, 0.3) is 0 Å². The van der Waals surface area contributed by atoms with E-state index in [1.807, 2.05) is 19.1 Å². The highest BCUT2D eigenvalue weighted by molar-refractivity contribution is 5.87. The molecule has 30 heavy (non-hydrogen) atoms. The predicted molar refractivity (Wildman–Crippen MR) is 113 cm³/mol. The molecule has 0 bridgehead atoms. The molecule has 2 fully saturated rings. The van der Waals surface area contributed by atoms with Crippen LogP contribution in [0.2, 0.25) is 0 Å². The van der Waals surface area contributed by atoms with Gasteiger partial charge in [0.1, 0.15) is 0 Å². The third-order valence-electron chi connectivity index (χ3n) is 6.53. The number of carboxylic acid groups (broad SMARTS) is 1. The van der Waals surface area contributed by atoms with Crippen molar-refractivity contribution in [1.29, 1.82) is 0 Å². The molecule has 2 aromatic rings. The van der Waals surface area contributed by atoms with E-state index in [1.54, 1.807) is 12.1 Å². The number of aromatic carboxylic acids is 1. The highest BCUT2D eigenvalue weighted by Crippen LogP contribution is 2.49. The SMILES string of the molecule is Cc1nnc(C2CC3(CCN(Cc4cccc(C(=O)O)c4)CC3)CN2CC(C)C)o1. The molecule has 7 heteroatoms. The van der Waals surface area contributed by atoms with E-state index in [4.69, 9.17) is 4.42 Å². The first kappa shape index (κ1) is 21.0. The molecule has 0 saturated carbocycles. The number of nitrogens with zero attached hydrogens (tertiary/aromatic N) is 4. The summed E-state index contributed by atoms with van der Waals surface area (Å²) in [5.74, 6) is 1.12. The summed E-state index contributed by atoms with van der Waals surface area (Å²) in [5, 5.41) is 17.6. The largest absolute Gasteiger partial charge is 0.478 e. The summed E-state index contributed by atoms with van der Waals surface area (Å²) < 4.78 is 5.82. The zero-order valence-electron chi connectivity index (χ0n) is 18.2. The van der Waals surface area contributed by atoms with E-state index in [1.165, 1.54) is 0 Å². The van der Waals surface area contributed by atoms with Gasteiger partial charge in [0.2, 0.25) is 11.8 Å². The molecular formula is C23H32N4O3. The van der Waals surface area contributed by atoms with Crippen LogP contribution in [0, 0.1) is 18.3 Å². The Bertz CT molecular complexity index is 886. The molecule has 2 saturated heterocycles. The van der Waals surface area contributed by atoms with Gasteiger partial charge in [-0.15, -0.1) is 10.2 Å². The Kier molecular flexibility index (Phi) is 5.93. The Hall–Kier alpha value is -2.25. The van der Waals surface area contributed by atoms with Crippen LogP contribution in [-0.2, 0) is 6.54 Å². The first-order valence-electron chi connectivity index (χ1n) is 10.9. The zero-order chi connectivity index (χ0) is 21.3. The van der Waals surface area contributed by atoms with Gasteiger partial charge in [-0.25, -0.2) is 4.79 Å². The number of aromatic nitrogens is 2. The molecule has 0 aliphatic carbocycles. The number of hydrogen-bond donors (Lipinski definition) is 1. The van der Waals surface area contributed by atoms with Crippen molar-refractivity contribution >= 4 is 5.97 Å². The monoisotopic (exact) mass is 412 g/mol. The van der Waals surface area contributed by atoms with Crippen molar-refractivity contribution in [2.45, 2.75) is 52.6 Å². The van der Waals surface area contributed by atoms with Crippen LogP contribution in [0.1, 0.15) is 66.9 Å². The lowest BCUT2D eigenvalue weighted by atomic mass is 9.76. The van der Waals surface area contributed by atoms with Gasteiger partial charge < -0.3 is 9.52 Å². The number of carboxylic acids is 1. The second-order valence-corrected chi connectivity index (χ2v) is 9.48. The van der Waals surface area contributed by atoms with Gasteiger partial charge in [0.05, 0.1) is 11.6 Å². The Balaban J connectivity index is 1.41. The first-order chi connectivity index (χ1) is 14.3. The van der Waals surface area contributed by atoms with Crippen LogP contribution in [-0.4, -0.2) is 57.3 Å². The van der Waals surface area contributed by atoms with Crippen molar-refractivity contribution in [3.05, 3.63) is 47.2 Å². The Morgan fingerprint density at radius 1 is 1.30 bits per heavy atom. The van der Waals surface area contributed by atoms with Crippen LogP contribution in [0.3, 0.4) is 0 Å². The molecule has 7 nitrogen and oxygen atoms in total. The lowest BCUT2D eigenvalue weighted by Gasteiger charge is -2.39. The molecule has 0 radical (unpaired) electrons. The Labute approximate surface area is 178 Å². The molecule has 2 aliphatic heterocycles. The molecule has 1 unspecified atom stereocenters. The van der Waals surface area contributed by atoms with E-state index in [0.29, 0.717) is 22.8 Å². The van der Waals surface area contributed by atoms with Gasteiger partial charge in [0.25, 0.3) is 0 Å². The Morgan fingerprint density at radius 3 is 2.70 bits per heavy atom. The molecule has 4 rings (SSSR count). The number of benzene rings is 1. The fourth-order valence-electron chi connectivity index (χ4n) is 5.10. The quantitative estimate of drug-likeness (QED) is 0.773. The summed E-state index contributed by atoms with van der Waals surface area (Å²) in [6.45, 7) is 11.4. The standard InChI is InChI=1S/C23H32N4O3/c1-16(2)13-27-15-23(12-20(27)21-25-24-17(3)30-21)7-9-26(10-8-23)14-18-5-4-6-19(11-18)22(28)29/h4-6,11,16,20H,7-10,12-15H2,1-3H3,(H,28,29). The summed E-state index contributed by atoms with van der Waals surface area (Å²) >= 11 is 0. The van der Waals surface area contributed by atoms with Crippen LogP contribution in [0.15, 0.2) is 28.7 Å². The number of piperidine rings is 1. The van der Waals surface area contributed by atoms with Gasteiger partial charge in [-0.2, -0.15) is 0 Å². The maximum absolute atomic E-state index is 11.2. The van der Waals surface area contributed by atoms with Crippen LogP contribution < -0.4 is 0 Å². The molecule has 1 aromatic heterocycles. The van der Waals surface area contributed by atoms with Crippen molar-refractivity contribution in [3.63, 3.8) is 0 Å². The van der Waals surface area contributed by atoms with Crippen molar-refractivity contribution in [2.24, 2.45) is 11.3 Å². The average Bonchev–Trinajstić information content (AvgIpc) is 3.27. The number of likely N-dealkylation sites (tertiary alicyclic amines) is 2. The number of aryl methyl sites for hydroxylation is 1. The van der Waals surface area contributed by atoms with Crippen molar-refractivity contribution in [3.8, 4) is 0 Å². The van der Waals surface area contributed by atoms with Crippen LogP contribution in [0.5, 0.6) is 0 Å². The fraction of sp³-hybridized carbons (Fsp3) is 0.609. The van der Waals surface area contributed by atoms with Gasteiger partial charge in [0, 0.05) is 26.6 Å². The highest BCUT2D eigenvalue weighted by Gasteiger charge is 2.47. The molecule has 1 atom stereocenters. The minimum atomic E-state index is -0.868. The van der Waals surface area contributed by atoms with E-state index in [2.05, 4.69) is 33.8 Å². The molecule has 2 aliphatic rings. The van der Waals surface area contributed by atoms with E-state index >= 15 is 0 Å². The van der Waals surface area contributed by atoms with Crippen molar-refractivity contribution in [2.75, 3.05) is 26.2 Å². The predicted octanol–water partition coefficient (Wildman–Crippen LogP) is 3.76. The van der Waals surface area contributed by atoms with E-state index in [-0.39, 0.29) is 6.04 Å². The third kappa shape index (κ3) is 4.57. The van der Waals surface area contributed by atoms with Gasteiger partial charge in [-0.3, -0.25) is 9.80 Å². The maximum atomic E-state index is 11.2. The topological polar surface area (TPSA) is 82.7 Å². The highest BCUT2D eigenvalue weighted by atomic mass is 16.4. The van der Waals surface area contributed by atoms with Crippen LogP contribution >= 0.6 is 0 Å². The van der Waals surface area contributed by atoms with E-state index in [9.17, 15) is 9.90 Å². The molecule has 0 amide bonds. The third-order valence-corrected chi connectivity index (χ3v) is 6.53. The van der Waals surface area contributed by atoms with Gasteiger partial charge in [0.15, 0.2) is 0 Å². The van der Waals surface area contributed by atoms with Crippen molar-refractivity contribution in [1.82, 2.24) is 20.0 Å². The molecule has 1 N–H and O–H groups in total. The molecule has 3 heterocycles. The molecule has 1 spiro atoms. The van der Waals surface area contributed by atoms with Crippen molar-refractivity contribution < 1.29 is 14.3 Å².